The number of benzene rings is 2. The van der Waals surface area contributed by atoms with Crippen molar-refractivity contribution in [3.63, 3.8) is 0 Å². The lowest BCUT2D eigenvalue weighted by Crippen LogP contribution is -2.54. The average molecular weight is 515 g/mol. The summed E-state index contributed by atoms with van der Waals surface area (Å²) in [6, 6.07) is 8.06. The second kappa shape index (κ2) is 10.2. The van der Waals surface area contributed by atoms with Crippen molar-refractivity contribution >= 4 is 45.5 Å². The molecule has 3 rings (SSSR count). The predicted molar refractivity (Wildman–Crippen MR) is 131 cm³/mol. The Labute approximate surface area is 201 Å². The molecule has 1 aliphatic heterocycles. The number of aryl methyl sites for hydroxylation is 2. The summed E-state index contributed by atoms with van der Waals surface area (Å²) in [7, 11) is 0. The number of carbonyl (C=O) groups is 3. The second-order valence-electron chi connectivity index (χ2n) is 7.90. The number of hydrogen-bond acceptors (Lipinski definition) is 5. The van der Waals surface area contributed by atoms with Gasteiger partial charge in [0.1, 0.15) is 5.57 Å². The molecule has 2 aromatic carbocycles. The molecule has 0 aliphatic carbocycles. The zero-order valence-corrected chi connectivity index (χ0v) is 20.9. The number of hydrogen-bond donors (Lipinski definition) is 1. The van der Waals surface area contributed by atoms with E-state index in [1.807, 2.05) is 40.7 Å². The summed E-state index contributed by atoms with van der Waals surface area (Å²) < 4.78 is 12.4. The number of rotatable bonds is 7. The molecule has 33 heavy (non-hydrogen) atoms. The van der Waals surface area contributed by atoms with Gasteiger partial charge in [0, 0.05) is 0 Å². The van der Waals surface area contributed by atoms with Gasteiger partial charge in [0.15, 0.2) is 11.5 Å². The highest BCUT2D eigenvalue weighted by Crippen LogP contribution is 2.38. The van der Waals surface area contributed by atoms with Crippen LogP contribution in [0.5, 0.6) is 11.5 Å². The smallest absolute Gasteiger partial charge is 0.335 e. The van der Waals surface area contributed by atoms with E-state index in [0.29, 0.717) is 33.8 Å². The Hall–Kier alpha value is -3.13. The molecule has 0 radical (unpaired) electrons. The van der Waals surface area contributed by atoms with Crippen LogP contribution >= 0.6 is 15.9 Å². The third kappa shape index (κ3) is 5.45. The molecule has 0 aromatic heterocycles. The minimum absolute atomic E-state index is 0.0206. The first-order chi connectivity index (χ1) is 15.6. The van der Waals surface area contributed by atoms with Gasteiger partial charge in [-0.25, -0.2) is 9.69 Å². The summed E-state index contributed by atoms with van der Waals surface area (Å²) >= 11 is 3.51. The fourth-order valence-corrected chi connectivity index (χ4v) is 4.02. The first-order valence-electron chi connectivity index (χ1n) is 10.8. The minimum atomic E-state index is -0.777. The van der Waals surface area contributed by atoms with Crippen LogP contribution in [-0.2, 0) is 9.59 Å². The average Bonchev–Trinajstić information content (AvgIpc) is 2.72. The molecule has 2 aromatic rings. The summed E-state index contributed by atoms with van der Waals surface area (Å²) in [6.45, 7) is 10.0. The number of imide groups is 2. The maximum Gasteiger partial charge on any atom is 0.335 e. The molecule has 1 atom stereocenters. The van der Waals surface area contributed by atoms with Crippen molar-refractivity contribution in [2.75, 3.05) is 11.5 Å². The van der Waals surface area contributed by atoms with Crippen LogP contribution in [0.2, 0.25) is 0 Å². The third-order valence-corrected chi connectivity index (χ3v) is 5.69. The summed E-state index contributed by atoms with van der Waals surface area (Å²) in [5.41, 5.74) is 2.60. The molecule has 1 heterocycles. The standard InChI is InChI=1S/C25H27BrN2O5/c1-6-16(5)33-22-20(26)12-17(13-21(22)32-7-2)11-19-23(29)27-25(31)28(24(19)30)18-9-14(3)8-15(4)10-18/h8-13,16H,6-7H2,1-5H3,(H,27,29,31)/b19-11+/t16-/m1/s1. The lowest BCUT2D eigenvalue weighted by atomic mass is 10.0. The number of nitrogens with one attached hydrogen (secondary N) is 1. The fraction of sp³-hybridized carbons (Fsp3) is 0.320. The molecule has 1 saturated heterocycles. The van der Waals surface area contributed by atoms with Crippen LogP contribution in [0.15, 0.2) is 40.4 Å². The highest BCUT2D eigenvalue weighted by molar-refractivity contribution is 9.10. The minimum Gasteiger partial charge on any atom is -0.490 e. The van der Waals surface area contributed by atoms with Crippen molar-refractivity contribution in [2.45, 2.75) is 47.1 Å². The van der Waals surface area contributed by atoms with Crippen LogP contribution < -0.4 is 19.7 Å². The quantitative estimate of drug-likeness (QED) is 0.399. The predicted octanol–water partition coefficient (Wildman–Crippen LogP) is 5.31. The van der Waals surface area contributed by atoms with Crippen LogP contribution in [0.3, 0.4) is 0 Å². The van der Waals surface area contributed by atoms with Crippen LogP contribution in [-0.4, -0.2) is 30.6 Å². The molecule has 174 valence electrons. The number of nitrogens with zero attached hydrogens (tertiary/aromatic N) is 1. The van der Waals surface area contributed by atoms with Crippen LogP contribution in [0.25, 0.3) is 6.08 Å². The molecule has 0 spiro atoms. The van der Waals surface area contributed by atoms with E-state index in [-0.39, 0.29) is 11.7 Å². The van der Waals surface area contributed by atoms with E-state index in [1.54, 1.807) is 24.3 Å². The largest absolute Gasteiger partial charge is 0.490 e. The van der Waals surface area contributed by atoms with E-state index in [2.05, 4.69) is 21.2 Å². The van der Waals surface area contributed by atoms with E-state index >= 15 is 0 Å². The number of urea groups is 1. The van der Waals surface area contributed by atoms with Crippen molar-refractivity contribution in [3.05, 3.63) is 57.1 Å². The van der Waals surface area contributed by atoms with Crippen LogP contribution in [0.1, 0.15) is 43.9 Å². The highest BCUT2D eigenvalue weighted by atomic mass is 79.9. The Morgan fingerprint density at radius 2 is 1.73 bits per heavy atom. The maximum atomic E-state index is 13.2. The van der Waals surface area contributed by atoms with Gasteiger partial charge in [0.05, 0.1) is 22.9 Å². The molecule has 0 saturated carbocycles. The number of amides is 4. The number of barbiturate groups is 1. The van der Waals surface area contributed by atoms with Gasteiger partial charge < -0.3 is 9.47 Å². The van der Waals surface area contributed by atoms with E-state index in [4.69, 9.17) is 9.47 Å². The highest BCUT2D eigenvalue weighted by Gasteiger charge is 2.37. The molecule has 8 heteroatoms. The van der Waals surface area contributed by atoms with E-state index in [0.717, 1.165) is 22.4 Å². The van der Waals surface area contributed by atoms with Crippen LogP contribution in [0.4, 0.5) is 10.5 Å². The van der Waals surface area contributed by atoms with Crippen molar-refractivity contribution in [1.82, 2.24) is 5.32 Å². The van der Waals surface area contributed by atoms with Gasteiger partial charge >= 0.3 is 6.03 Å². The van der Waals surface area contributed by atoms with E-state index in [1.165, 1.54) is 6.08 Å². The number of anilines is 1. The van der Waals surface area contributed by atoms with Gasteiger partial charge in [-0.3, -0.25) is 14.9 Å². The summed E-state index contributed by atoms with van der Waals surface area (Å²) in [5, 5.41) is 2.26. The van der Waals surface area contributed by atoms with Crippen molar-refractivity contribution in [1.29, 1.82) is 0 Å². The number of halogens is 1. The maximum absolute atomic E-state index is 13.2. The zero-order chi connectivity index (χ0) is 24.3. The van der Waals surface area contributed by atoms with Crippen molar-refractivity contribution < 1.29 is 23.9 Å². The Balaban J connectivity index is 2.04. The molecule has 1 aliphatic rings. The zero-order valence-electron chi connectivity index (χ0n) is 19.3. The molecular formula is C25H27BrN2O5. The fourth-order valence-electron chi connectivity index (χ4n) is 3.47. The monoisotopic (exact) mass is 514 g/mol. The number of carbonyl (C=O) groups excluding carboxylic acids is 3. The Bertz CT molecular complexity index is 1120. The number of ether oxygens (including phenoxy) is 2. The van der Waals surface area contributed by atoms with E-state index < -0.39 is 17.8 Å². The van der Waals surface area contributed by atoms with Crippen molar-refractivity contribution in [3.8, 4) is 11.5 Å². The van der Waals surface area contributed by atoms with Crippen LogP contribution in [0, 0.1) is 13.8 Å². The lowest BCUT2D eigenvalue weighted by molar-refractivity contribution is -0.122. The van der Waals surface area contributed by atoms with Gasteiger partial charge in [-0.15, -0.1) is 0 Å². The topological polar surface area (TPSA) is 84.9 Å². The third-order valence-electron chi connectivity index (χ3n) is 5.10. The summed E-state index contributed by atoms with van der Waals surface area (Å²) in [4.78, 5) is 39.3. The molecule has 1 N–H and O–H groups in total. The van der Waals surface area contributed by atoms with Crippen molar-refractivity contribution in [2.24, 2.45) is 0 Å². The van der Waals surface area contributed by atoms with Gasteiger partial charge in [-0.2, -0.15) is 0 Å². The first-order valence-corrected chi connectivity index (χ1v) is 11.6. The Morgan fingerprint density at radius 3 is 2.33 bits per heavy atom. The molecule has 4 amide bonds. The first kappa shape index (κ1) is 24.5. The van der Waals surface area contributed by atoms with Gasteiger partial charge in [-0.1, -0.05) is 13.0 Å². The van der Waals surface area contributed by atoms with E-state index in [9.17, 15) is 14.4 Å². The summed E-state index contributed by atoms with van der Waals surface area (Å²) in [6.07, 6.45) is 2.24. The molecule has 0 unspecified atom stereocenters. The summed E-state index contributed by atoms with van der Waals surface area (Å²) in [5.74, 6) is -0.396. The molecule has 7 nitrogen and oxygen atoms in total. The molecule has 1 fully saturated rings. The van der Waals surface area contributed by atoms with Gasteiger partial charge in [-0.05, 0) is 97.1 Å². The Kier molecular flexibility index (Phi) is 7.58. The lowest BCUT2D eigenvalue weighted by Gasteiger charge is -2.27. The van der Waals surface area contributed by atoms with Gasteiger partial charge in [0.25, 0.3) is 11.8 Å². The normalized spacial score (nSPS) is 16.1. The molecular weight excluding hydrogens is 488 g/mol. The SMILES string of the molecule is CCOc1cc(/C=C2\C(=O)NC(=O)N(c3cc(C)cc(C)c3)C2=O)cc(Br)c1O[C@H](C)CC. The molecule has 0 bridgehead atoms. The van der Waals surface area contributed by atoms with Gasteiger partial charge in [0.2, 0.25) is 0 Å². The second-order valence-corrected chi connectivity index (χ2v) is 8.76. The Morgan fingerprint density at radius 1 is 1.06 bits per heavy atom.